The van der Waals surface area contributed by atoms with Gasteiger partial charge in [-0.3, -0.25) is 19.3 Å². The second kappa shape index (κ2) is 8.50. The zero-order valence-electron chi connectivity index (χ0n) is 18.1. The van der Waals surface area contributed by atoms with E-state index in [0.717, 1.165) is 17.7 Å². The molecule has 3 amide bonds. The van der Waals surface area contributed by atoms with Gasteiger partial charge in [-0.25, -0.2) is 8.42 Å². The van der Waals surface area contributed by atoms with Crippen molar-refractivity contribution in [2.45, 2.75) is 55.7 Å². The fourth-order valence-corrected chi connectivity index (χ4v) is 6.44. The number of rotatable bonds is 6. The predicted molar refractivity (Wildman–Crippen MR) is 120 cm³/mol. The number of nitrogens with one attached hydrogen (secondary N) is 1. The highest BCUT2D eigenvalue weighted by Crippen LogP contribution is 2.31. The molecule has 1 saturated carbocycles. The normalized spacial score (nSPS) is 17.7. The Bertz CT molecular complexity index is 1150. The quantitative estimate of drug-likeness (QED) is 0.672. The molecule has 0 radical (unpaired) electrons. The largest absolute Gasteiger partial charge is 0.324 e. The van der Waals surface area contributed by atoms with Gasteiger partial charge in [0.15, 0.2) is 9.84 Å². The Hall–Kier alpha value is -3.00. The molecule has 1 N–H and O–H groups in total. The molecule has 2 aliphatic rings. The third-order valence-corrected chi connectivity index (χ3v) is 8.43. The van der Waals surface area contributed by atoms with Crippen LogP contribution in [0, 0.1) is 5.92 Å². The van der Waals surface area contributed by atoms with Crippen molar-refractivity contribution in [3.05, 3.63) is 59.7 Å². The zero-order chi connectivity index (χ0) is 23.0. The summed E-state index contributed by atoms with van der Waals surface area (Å²) in [5.41, 5.74) is 0.873. The lowest BCUT2D eigenvalue weighted by Crippen LogP contribution is -2.50. The van der Waals surface area contributed by atoms with E-state index in [1.807, 2.05) is 0 Å². The van der Waals surface area contributed by atoms with Crippen LogP contribution in [0.4, 0.5) is 5.69 Å². The standard InChI is InChI=1S/C24H26N2O5S/c1-15(2)21(26-23(28)19-12-5-6-13-20(19)24(26)29)22(27)25-16-8-7-11-18(14-16)32(30,31)17-9-3-4-10-17/h5-8,11-15,17,21H,3-4,9-10H2,1-2H3,(H,25,27). The van der Waals surface area contributed by atoms with Gasteiger partial charge in [-0.05, 0) is 49.1 Å². The highest BCUT2D eigenvalue weighted by Gasteiger charge is 2.44. The number of hydrogen-bond donors (Lipinski definition) is 1. The summed E-state index contributed by atoms with van der Waals surface area (Å²) in [5.74, 6) is -1.89. The topological polar surface area (TPSA) is 101 Å². The minimum absolute atomic E-state index is 0.170. The van der Waals surface area contributed by atoms with E-state index in [9.17, 15) is 22.8 Å². The fourth-order valence-electron chi connectivity index (χ4n) is 4.54. The number of carbonyl (C=O) groups excluding carboxylic acids is 3. The Morgan fingerprint density at radius 1 is 0.969 bits per heavy atom. The lowest BCUT2D eigenvalue weighted by Gasteiger charge is -2.28. The van der Waals surface area contributed by atoms with Crippen LogP contribution >= 0.6 is 0 Å². The molecule has 2 aromatic carbocycles. The average Bonchev–Trinajstić information content (AvgIpc) is 3.39. The Morgan fingerprint density at radius 3 is 2.12 bits per heavy atom. The van der Waals surface area contributed by atoms with E-state index in [-0.39, 0.29) is 21.9 Å². The van der Waals surface area contributed by atoms with Gasteiger partial charge < -0.3 is 5.32 Å². The van der Waals surface area contributed by atoms with E-state index in [1.54, 1.807) is 50.2 Å². The molecule has 4 rings (SSSR count). The molecule has 2 aromatic rings. The van der Waals surface area contributed by atoms with Gasteiger partial charge in [-0.15, -0.1) is 0 Å². The Kier molecular flexibility index (Phi) is 5.90. The summed E-state index contributed by atoms with van der Waals surface area (Å²) in [6.07, 6.45) is 3.09. The number of fused-ring (bicyclic) bond motifs is 1. The molecule has 168 valence electrons. The summed E-state index contributed by atoms with van der Waals surface area (Å²) in [5, 5.41) is 2.33. The van der Waals surface area contributed by atoms with Crippen LogP contribution in [0.2, 0.25) is 0 Å². The van der Waals surface area contributed by atoms with Crippen LogP contribution in [0.1, 0.15) is 60.2 Å². The number of sulfone groups is 1. The molecule has 1 unspecified atom stereocenters. The smallest absolute Gasteiger partial charge is 0.262 e. The van der Waals surface area contributed by atoms with E-state index in [4.69, 9.17) is 0 Å². The minimum atomic E-state index is -3.47. The molecule has 0 bridgehead atoms. The van der Waals surface area contributed by atoms with Crippen LogP contribution in [0.25, 0.3) is 0 Å². The van der Waals surface area contributed by atoms with Crippen LogP contribution in [0.5, 0.6) is 0 Å². The van der Waals surface area contributed by atoms with Crippen molar-refractivity contribution in [3.8, 4) is 0 Å². The lowest BCUT2D eigenvalue weighted by atomic mass is 10.0. The highest BCUT2D eigenvalue weighted by molar-refractivity contribution is 7.92. The first kappa shape index (κ1) is 22.2. The molecule has 0 spiro atoms. The van der Waals surface area contributed by atoms with Gasteiger partial charge in [0.2, 0.25) is 5.91 Å². The van der Waals surface area contributed by atoms with Crippen molar-refractivity contribution >= 4 is 33.2 Å². The maximum atomic E-state index is 13.2. The molecule has 7 nitrogen and oxygen atoms in total. The van der Waals surface area contributed by atoms with Gasteiger partial charge in [0.25, 0.3) is 11.8 Å². The monoisotopic (exact) mass is 454 g/mol. The SMILES string of the molecule is CC(C)C(C(=O)Nc1cccc(S(=O)(=O)C2CCCC2)c1)N1C(=O)c2ccccc2C1=O. The molecule has 1 atom stereocenters. The molecule has 32 heavy (non-hydrogen) atoms. The van der Waals surface area contributed by atoms with Crippen LogP contribution in [0.3, 0.4) is 0 Å². The highest BCUT2D eigenvalue weighted by atomic mass is 32.2. The van der Waals surface area contributed by atoms with Crippen LogP contribution in [0.15, 0.2) is 53.4 Å². The van der Waals surface area contributed by atoms with Crippen molar-refractivity contribution in [3.63, 3.8) is 0 Å². The van der Waals surface area contributed by atoms with E-state index in [1.165, 1.54) is 12.1 Å². The summed E-state index contributed by atoms with van der Waals surface area (Å²) in [6.45, 7) is 3.52. The first-order chi connectivity index (χ1) is 15.2. The Labute approximate surface area is 187 Å². The number of amides is 3. The molecular weight excluding hydrogens is 428 g/mol. The second-order valence-electron chi connectivity index (χ2n) is 8.68. The molecule has 0 saturated heterocycles. The van der Waals surface area contributed by atoms with Gasteiger partial charge in [-0.2, -0.15) is 0 Å². The van der Waals surface area contributed by atoms with Crippen molar-refractivity contribution in [2.75, 3.05) is 5.32 Å². The van der Waals surface area contributed by atoms with Crippen LogP contribution in [-0.2, 0) is 14.6 Å². The Balaban J connectivity index is 1.59. The number of benzene rings is 2. The van der Waals surface area contributed by atoms with E-state index in [2.05, 4.69) is 5.32 Å². The number of anilines is 1. The molecule has 1 aliphatic heterocycles. The molecule has 1 heterocycles. The van der Waals surface area contributed by atoms with Gasteiger partial charge in [0, 0.05) is 5.69 Å². The molecule has 8 heteroatoms. The van der Waals surface area contributed by atoms with E-state index < -0.39 is 38.9 Å². The van der Waals surface area contributed by atoms with Crippen molar-refractivity contribution < 1.29 is 22.8 Å². The van der Waals surface area contributed by atoms with Gasteiger partial charge in [-0.1, -0.05) is 44.9 Å². The molecule has 0 aromatic heterocycles. The maximum Gasteiger partial charge on any atom is 0.262 e. The third kappa shape index (κ3) is 3.83. The summed E-state index contributed by atoms with van der Waals surface area (Å²) in [7, 11) is -3.47. The number of hydrogen-bond acceptors (Lipinski definition) is 5. The van der Waals surface area contributed by atoms with Crippen LogP contribution < -0.4 is 5.32 Å². The van der Waals surface area contributed by atoms with Gasteiger partial charge in [0.05, 0.1) is 21.3 Å². The van der Waals surface area contributed by atoms with E-state index >= 15 is 0 Å². The molecular formula is C24H26N2O5S. The van der Waals surface area contributed by atoms with Crippen molar-refractivity contribution in [2.24, 2.45) is 5.92 Å². The second-order valence-corrected chi connectivity index (χ2v) is 10.9. The van der Waals surface area contributed by atoms with Gasteiger partial charge >= 0.3 is 0 Å². The van der Waals surface area contributed by atoms with Crippen LogP contribution in [-0.4, -0.2) is 42.3 Å². The van der Waals surface area contributed by atoms with E-state index in [0.29, 0.717) is 18.5 Å². The average molecular weight is 455 g/mol. The van der Waals surface area contributed by atoms with Crippen molar-refractivity contribution in [1.82, 2.24) is 4.90 Å². The first-order valence-electron chi connectivity index (χ1n) is 10.8. The number of nitrogens with zero attached hydrogens (tertiary/aromatic N) is 1. The lowest BCUT2D eigenvalue weighted by molar-refractivity contribution is -0.121. The van der Waals surface area contributed by atoms with Crippen molar-refractivity contribution in [1.29, 1.82) is 0 Å². The summed E-state index contributed by atoms with van der Waals surface area (Å²) < 4.78 is 25.9. The molecule has 1 fully saturated rings. The number of carbonyl (C=O) groups is 3. The summed E-state index contributed by atoms with van der Waals surface area (Å²) >= 11 is 0. The number of imide groups is 1. The maximum absolute atomic E-state index is 13.2. The van der Waals surface area contributed by atoms with Gasteiger partial charge in [0.1, 0.15) is 6.04 Å². The zero-order valence-corrected chi connectivity index (χ0v) is 18.9. The summed E-state index contributed by atoms with van der Waals surface area (Å²) in [4.78, 5) is 40.1. The first-order valence-corrected chi connectivity index (χ1v) is 12.4. The summed E-state index contributed by atoms with van der Waals surface area (Å²) in [6, 6.07) is 11.6. The third-order valence-electron chi connectivity index (χ3n) is 6.17. The minimum Gasteiger partial charge on any atom is -0.324 e. The Morgan fingerprint density at radius 2 is 1.56 bits per heavy atom. The predicted octanol–water partition coefficient (Wildman–Crippen LogP) is 3.66. The molecule has 1 aliphatic carbocycles. The fraction of sp³-hybridized carbons (Fsp3) is 0.375.